The summed E-state index contributed by atoms with van der Waals surface area (Å²) in [4.78, 5) is 0. The fraction of sp³-hybridized carbons (Fsp3) is 1.00. The molecule has 0 amide bonds. The van der Waals surface area contributed by atoms with Crippen molar-refractivity contribution in [2.75, 3.05) is 0 Å². The zero-order valence-corrected chi connectivity index (χ0v) is 8.54. The minimum atomic E-state index is -0.159. The second kappa shape index (κ2) is 2.19. The number of hydrogen-bond acceptors (Lipinski definition) is 2. The lowest BCUT2D eigenvalue weighted by atomic mass is 9.39. The summed E-state index contributed by atoms with van der Waals surface area (Å²) in [5.74, 6) is 0. The zero-order chi connectivity index (χ0) is 9.39. The van der Waals surface area contributed by atoms with E-state index in [4.69, 9.17) is 4.74 Å². The fourth-order valence-electron chi connectivity index (χ4n) is 5.04. The molecule has 78 valence electrons. The Hall–Kier alpha value is -0.0800. The Morgan fingerprint density at radius 2 is 1.93 bits per heavy atom. The van der Waals surface area contributed by atoms with E-state index < -0.39 is 0 Å². The van der Waals surface area contributed by atoms with Crippen LogP contribution >= 0.6 is 0 Å². The van der Waals surface area contributed by atoms with Crippen LogP contribution in [0.4, 0.5) is 0 Å². The summed E-state index contributed by atoms with van der Waals surface area (Å²) in [5, 5.41) is 10.00. The van der Waals surface area contributed by atoms with Crippen molar-refractivity contribution in [2.45, 2.75) is 63.3 Å². The largest absolute Gasteiger partial charge is 0.390 e. The van der Waals surface area contributed by atoms with Crippen LogP contribution in [0.1, 0.15) is 44.9 Å². The molecule has 1 N–H and O–H groups in total. The van der Waals surface area contributed by atoms with Crippen molar-refractivity contribution in [3.63, 3.8) is 0 Å². The highest BCUT2D eigenvalue weighted by Gasteiger charge is 2.73. The highest BCUT2D eigenvalue weighted by molar-refractivity contribution is 5.22. The number of ether oxygens (including phenoxy) is 1. The van der Waals surface area contributed by atoms with E-state index in [1.807, 2.05) is 0 Å². The Labute approximate surface area is 84.6 Å². The molecular formula is C12H18O2. The van der Waals surface area contributed by atoms with Gasteiger partial charge in [0.15, 0.2) is 0 Å². The summed E-state index contributed by atoms with van der Waals surface area (Å²) in [6.07, 6.45) is 9.51. The number of aliphatic hydroxyl groups is 1. The van der Waals surface area contributed by atoms with Crippen molar-refractivity contribution in [1.29, 1.82) is 0 Å². The minimum Gasteiger partial charge on any atom is -0.390 e. The molecule has 5 atom stereocenters. The van der Waals surface area contributed by atoms with E-state index in [1.165, 1.54) is 38.5 Å². The molecule has 0 radical (unpaired) electrons. The van der Waals surface area contributed by atoms with Gasteiger partial charge in [0.25, 0.3) is 0 Å². The predicted molar refractivity (Wildman–Crippen MR) is 51.9 cm³/mol. The van der Waals surface area contributed by atoms with Gasteiger partial charge < -0.3 is 9.84 Å². The SMILES string of the molecule is O[C@@H]1C[C@@]23CCCC[C@@]24C[C@H]1O[C@@H]4C3. The molecular weight excluding hydrogens is 176 g/mol. The maximum absolute atomic E-state index is 10.00. The fourth-order valence-corrected chi connectivity index (χ4v) is 5.04. The van der Waals surface area contributed by atoms with E-state index in [0.717, 1.165) is 6.42 Å². The van der Waals surface area contributed by atoms with Crippen LogP contribution in [0.15, 0.2) is 0 Å². The maximum Gasteiger partial charge on any atom is 0.0844 e. The van der Waals surface area contributed by atoms with Crippen LogP contribution in [0.5, 0.6) is 0 Å². The first kappa shape index (κ1) is 8.12. The first-order valence-electron chi connectivity index (χ1n) is 6.09. The van der Waals surface area contributed by atoms with Gasteiger partial charge in [-0.3, -0.25) is 0 Å². The molecule has 2 heteroatoms. The highest BCUT2D eigenvalue weighted by atomic mass is 16.5. The summed E-state index contributed by atoms with van der Waals surface area (Å²) in [6, 6.07) is 0. The molecule has 0 aromatic rings. The van der Waals surface area contributed by atoms with Crippen molar-refractivity contribution in [3.8, 4) is 0 Å². The molecule has 2 bridgehead atoms. The Morgan fingerprint density at radius 3 is 2.86 bits per heavy atom. The van der Waals surface area contributed by atoms with Gasteiger partial charge in [0.1, 0.15) is 0 Å². The molecule has 0 unspecified atom stereocenters. The third-order valence-corrected chi connectivity index (χ3v) is 5.71. The molecule has 1 spiro atoms. The Kier molecular flexibility index (Phi) is 1.27. The Bertz CT molecular complexity index is 290. The molecule has 4 aliphatic rings. The van der Waals surface area contributed by atoms with Crippen molar-refractivity contribution >= 4 is 0 Å². The molecule has 2 nitrogen and oxygen atoms in total. The average Bonchev–Trinajstić information content (AvgIpc) is 2.32. The number of aliphatic hydroxyl groups excluding tert-OH is 1. The third-order valence-electron chi connectivity index (χ3n) is 5.71. The molecule has 1 heterocycles. The first-order valence-corrected chi connectivity index (χ1v) is 6.09. The molecule has 3 aliphatic carbocycles. The van der Waals surface area contributed by atoms with Gasteiger partial charge in [0.05, 0.1) is 18.3 Å². The second-order valence-electron chi connectivity index (χ2n) is 5.99. The number of fused-ring (bicyclic) bond motifs is 1. The molecule has 0 aromatic carbocycles. The summed E-state index contributed by atoms with van der Waals surface area (Å²) < 4.78 is 5.97. The first-order chi connectivity index (χ1) is 6.76. The summed E-state index contributed by atoms with van der Waals surface area (Å²) in [5.41, 5.74) is 1.03. The van der Waals surface area contributed by atoms with Gasteiger partial charge in [-0.25, -0.2) is 0 Å². The molecule has 0 aromatic heterocycles. The average molecular weight is 194 g/mol. The van der Waals surface area contributed by atoms with E-state index in [-0.39, 0.29) is 12.2 Å². The van der Waals surface area contributed by atoms with Crippen molar-refractivity contribution in [2.24, 2.45) is 10.8 Å². The lowest BCUT2D eigenvalue weighted by molar-refractivity contribution is -0.182. The lowest BCUT2D eigenvalue weighted by Gasteiger charge is -2.65. The van der Waals surface area contributed by atoms with E-state index in [9.17, 15) is 5.11 Å². The monoisotopic (exact) mass is 194 g/mol. The van der Waals surface area contributed by atoms with Crippen LogP contribution in [0.25, 0.3) is 0 Å². The topological polar surface area (TPSA) is 29.5 Å². The Balaban J connectivity index is 1.80. The van der Waals surface area contributed by atoms with Crippen LogP contribution in [0, 0.1) is 10.8 Å². The number of rotatable bonds is 0. The summed E-state index contributed by atoms with van der Waals surface area (Å²) in [7, 11) is 0. The van der Waals surface area contributed by atoms with Crippen LogP contribution in [0.3, 0.4) is 0 Å². The van der Waals surface area contributed by atoms with Gasteiger partial charge in [-0.2, -0.15) is 0 Å². The van der Waals surface area contributed by atoms with Crippen LogP contribution in [-0.2, 0) is 4.74 Å². The molecule has 1 aliphatic heterocycles. The van der Waals surface area contributed by atoms with Crippen molar-refractivity contribution in [1.82, 2.24) is 0 Å². The van der Waals surface area contributed by atoms with Gasteiger partial charge in [-0.1, -0.05) is 12.8 Å². The lowest BCUT2D eigenvalue weighted by Crippen LogP contribution is -2.62. The molecule has 4 rings (SSSR count). The predicted octanol–water partition coefficient (Wildman–Crippen LogP) is 1.86. The second-order valence-corrected chi connectivity index (χ2v) is 5.99. The smallest absolute Gasteiger partial charge is 0.0844 e. The van der Waals surface area contributed by atoms with E-state index in [1.54, 1.807) is 0 Å². The third kappa shape index (κ3) is 0.646. The van der Waals surface area contributed by atoms with Crippen molar-refractivity contribution in [3.05, 3.63) is 0 Å². The van der Waals surface area contributed by atoms with Crippen LogP contribution < -0.4 is 0 Å². The van der Waals surface area contributed by atoms with E-state index >= 15 is 0 Å². The van der Waals surface area contributed by atoms with Gasteiger partial charge in [0.2, 0.25) is 0 Å². The molecule has 4 fully saturated rings. The zero-order valence-electron chi connectivity index (χ0n) is 8.54. The standard InChI is InChI=1S/C12H18O2/c13-8-5-11-3-1-2-4-12(11)6-9(8)14-10(12)7-11/h8-10,13H,1-7H2/t8-,9-,10-,11-,12+/m1/s1. The van der Waals surface area contributed by atoms with Gasteiger partial charge in [0, 0.05) is 5.41 Å². The van der Waals surface area contributed by atoms with Crippen molar-refractivity contribution < 1.29 is 9.84 Å². The molecule has 14 heavy (non-hydrogen) atoms. The summed E-state index contributed by atoms with van der Waals surface area (Å²) >= 11 is 0. The normalized spacial score (nSPS) is 64.5. The molecule has 3 saturated carbocycles. The van der Waals surface area contributed by atoms with Gasteiger partial charge >= 0.3 is 0 Å². The van der Waals surface area contributed by atoms with Crippen LogP contribution in [-0.4, -0.2) is 23.4 Å². The number of hydrogen-bond donors (Lipinski definition) is 1. The van der Waals surface area contributed by atoms with E-state index in [0.29, 0.717) is 16.9 Å². The maximum atomic E-state index is 10.00. The van der Waals surface area contributed by atoms with Crippen LogP contribution in [0.2, 0.25) is 0 Å². The quantitative estimate of drug-likeness (QED) is 0.638. The van der Waals surface area contributed by atoms with Gasteiger partial charge in [-0.15, -0.1) is 0 Å². The van der Waals surface area contributed by atoms with E-state index in [2.05, 4.69) is 0 Å². The summed E-state index contributed by atoms with van der Waals surface area (Å²) in [6.45, 7) is 0. The minimum absolute atomic E-state index is 0.159. The molecule has 1 saturated heterocycles. The Morgan fingerprint density at radius 1 is 1.07 bits per heavy atom. The van der Waals surface area contributed by atoms with Gasteiger partial charge in [-0.05, 0) is 37.5 Å². The highest BCUT2D eigenvalue weighted by Crippen LogP contribution is 2.75.